The summed E-state index contributed by atoms with van der Waals surface area (Å²) in [5.74, 6) is -1.18. The molecular weight excluding hydrogens is 320 g/mol. The Morgan fingerprint density at radius 3 is 2.52 bits per heavy atom. The number of carbonyl (C=O) groups excluding carboxylic acids is 2. The largest absolute Gasteiger partial charge is 0.550 e. The minimum atomic E-state index is -0.995. The van der Waals surface area contributed by atoms with Crippen LogP contribution in [0.1, 0.15) is 23.7 Å². The zero-order chi connectivity index (χ0) is 17.0. The number of ketones is 1. The number of H-pyrrole nitrogens is 2. The van der Waals surface area contributed by atoms with Crippen molar-refractivity contribution in [2.24, 2.45) is 0 Å². The molecule has 0 saturated heterocycles. The van der Waals surface area contributed by atoms with E-state index in [1.54, 1.807) is 24.4 Å². The van der Waals surface area contributed by atoms with E-state index in [1.807, 2.05) is 6.07 Å². The fourth-order valence-electron chi connectivity index (χ4n) is 2.09. The third-order valence-electron chi connectivity index (χ3n) is 3.26. The van der Waals surface area contributed by atoms with E-state index < -0.39 is 5.97 Å². The summed E-state index contributed by atoms with van der Waals surface area (Å²) in [6, 6.07) is 6.97. The van der Waals surface area contributed by atoms with Crippen LogP contribution in [-0.4, -0.2) is 27.6 Å². The Bertz CT molecular complexity index is 927. The monoisotopic (exact) mass is 333 g/mol. The van der Waals surface area contributed by atoms with Crippen molar-refractivity contribution in [3.05, 3.63) is 46.4 Å². The van der Waals surface area contributed by atoms with Gasteiger partial charge in [0.25, 0.3) is 5.56 Å². The van der Waals surface area contributed by atoms with Gasteiger partial charge in [-0.3, -0.25) is 9.59 Å². The highest BCUT2D eigenvalue weighted by Gasteiger charge is 2.09. The molecule has 3 rings (SSSR count). The molecule has 0 aliphatic rings. The van der Waals surface area contributed by atoms with Crippen LogP contribution in [0.5, 0.6) is 0 Å². The maximum atomic E-state index is 11.8. The summed E-state index contributed by atoms with van der Waals surface area (Å²) in [6.45, 7) is 1.54. The number of pyridine rings is 1. The van der Waals surface area contributed by atoms with E-state index in [0.717, 1.165) is 10.8 Å². The van der Waals surface area contributed by atoms with Crippen LogP contribution in [0.4, 0.5) is 0 Å². The van der Waals surface area contributed by atoms with Crippen LogP contribution < -0.4 is 10.7 Å². The van der Waals surface area contributed by atoms with E-state index in [0.29, 0.717) is 16.6 Å². The van der Waals surface area contributed by atoms with Crippen LogP contribution in [-0.2, 0) is 4.79 Å². The normalized spacial score (nSPS) is 10.3. The van der Waals surface area contributed by atoms with Crippen LogP contribution in [0, 0.1) is 0 Å². The van der Waals surface area contributed by atoms with E-state index in [-0.39, 0.29) is 23.6 Å². The lowest BCUT2D eigenvalue weighted by Gasteiger charge is -2.02. The number of carboxylic acid groups (broad SMARTS) is 1. The second-order valence-electron chi connectivity index (χ2n) is 4.76. The second kappa shape index (κ2) is 7.11. The molecule has 0 spiro atoms. The van der Waals surface area contributed by atoms with Crippen LogP contribution in [0.25, 0.3) is 21.8 Å². The average molecular weight is 334 g/mol. The van der Waals surface area contributed by atoms with Gasteiger partial charge in [-0.15, -0.1) is 11.6 Å². The van der Waals surface area contributed by atoms with Crippen molar-refractivity contribution < 1.29 is 14.7 Å². The minimum absolute atomic E-state index is 0.0505. The number of alkyl halides is 1. The molecule has 0 unspecified atom stereocenters. The third kappa shape index (κ3) is 3.60. The molecule has 2 N–H and O–H groups in total. The number of carboxylic acids is 1. The lowest BCUT2D eigenvalue weighted by molar-refractivity contribution is -0.305. The van der Waals surface area contributed by atoms with E-state index in [4.69, 9.17) is 11.6 Å². The molecule has 0 fully saturated rings. The van der Waals surface area contributed by atoms with E-state index >= 15 is 0 Å². The number of aliphatic carboxylic acids is 1. The molecule has 0 saturated carbocycles. The molecule has 1 aromatic carbocycles. The molecule has 0 radical (unpaired) electrons. The molecular formula is C16H14ClN2O4-. The SMILES string of the molecule is CCC(=O)[O-].O=C(CCl)c1ccc2[nH]c(=O)c3[nH]ccc3c2c1. The summed E-state index contributed by atoms with van der Waals surface area (Å²) in [5.41, 5.74) is 1.60. The number of fused-ring (bicyclic) bond motifs is 3. The smallest absolute Gasteiger partial charge is 0.272 e. The predicted molar refractivity (Wildman–Crippen MR) is 86.8 cm³/mol. The quantitative estimate of drug-likeness (QED) is 0.560. The van der Waals surface area contributed by atoms with Gasteiger partial charge in [0.2, 0.25) is 0 Å². The molecule has 2 heterocycles. The van der Waals surface area contributed by atoms with Crippen LogP contribution in [0.2, 0.25) is 0 Å². The summed E-state index contributed by atoms with van der Waals surface area (Å²) < 4.78 is 0. The highest BCUT2D eigenvalue weighted by Crippen LogP contribution is 2.21. The fourth-order valence-corrected chi connectivity index (χ4v) is 2.25. The Labute approximate surface area is 136 Å². The zero-order valence-corrected chi connectivity index (χ0v) is 13.1. The van der Waals surface area contributed by atoms with Gasteiger partial charge in [-0.25, -0.2) is 0 Å². The molecule has 3 aromatic rings. The van der Waals surface area contributed by atoms with Gasteiger partial charge in [-0.2, -0.15) is 0 Å². The molecule has 0 atom stereocenters. The first-order valence-corrected chi connectivity index (χ1v) is 7.43. The molecule has 0 bridgehead atoms. The Kier molecular flexibility index (Phi) is 5.18. The van der Waals surface area contributed by atoms with Gasteiger partial charge in [0.05, 0.1) is 5.88 Å². The van der Waals surface area contributed by atoms with E-state index in [9.17, 15) is 19.5 Å². The summed E-state index contributed by atoms with van der Waals surface area (Å²) in [5, 5.41) is 10.9. The number of aromatic amines is 2. The highest BCUT2D eigenvalue weighted by molar-refractivity contribution is 6.30. The van der Waals surface area contributed by atoms with E-state index in [1.165, 1.54) is 6.92 Å². The number of rotatable bonds is 3. The van der Waals surface area contributed by atoms with Crippen molar-refractivity contribution in [1.29, 1.82) is 0 Å². The number of halogens is 1. The zero-order valence-electron chi connectivity index (χ0n) is 12.3. The van der Waals surface area contributed by atoms with Crippen molar-refractivity contribution in [2.75, 3.05) is 5.88 Å². The first-order valence-electron chi connectivity index (χ1n) is 6.90. The maximum absolute atomic E-state index is 11.8. The van der Waals surface area contributed by atoms with Crippen LogP contribution >= 0.6 is 11.6 Å². The minimum Gasteiger partial charge on any atom is -0.550 e. The van der Waals surface area contributed by atoms with Gasteiger partial charge < -0.3 is 19.9 Å². The Balaban J connectivity index is 0.000000338. The number of benzene rings is 1. The average Bonchev–Trinajstić information content (AvgIpc) is 3.05. The highest BCUT2D eigenvalue weighted by atomic mass is 35.5. The van der Waals surface area contributed by atoms with E-state index in [2.05, 4.69) is 9.97 Å². The number of nitrogens with one attached hydrogen (secondary N) is 2. The maximum Gasteiger partial charge on any atom is 0.272 e. The standard InChI is InChI=1S/C13H9ClN2O2.C3H6O2/c14-6-11(17)7-1-2-10-9(5-7)8-3-4-15-12(8)13(18)16-10;1-2-3(4)5/h1-5,15H,6H2,(H,16,18);2H2,1H3,(H,4,5)/p-1. The van der Waals surface area contributed by atoms with Gasteiger partial charge >= 0.3 is 0 Å². The topological polar surface area (TPSA) is 106 Å². The number of hydrogen-bond donors (Lipinski definition) is 2. The molecule has 7 heteroatoms. The van der Waals surface area contributed by atoms with Crippen molar-refractivity contribution in [2.45, 2.75) is 13.3 Å². The molecule has 0 aliphatic carbocycles. The van der Waals surface area contributed by atoms with Gasteiger partial charge in [0, 0.05) is 34.0 Å². The molecule has 6 nitrogen and oxygen atoms in total. The molecule has 0 aliphatic heterocycles. The first kappa shape index (κ1) is 16.8. The number of Topliss-reactive ketones (excluding diaryl/α,β-unsaturated/α-hetero) is 1. The number of hydrogen-bond acceptors (Lipinski definition) is 4. The van der Waals surface area contributed by atoms with Crippen molar-refractivity contribution in [1.82, 2.24) is 9.97 Å². The number of carbonyl (C=O) groups is 2. The lowest BCUT2D eigenvalue weighted by Crippen LogP contribution is -2.19. The first-order chi connectivity index (χ1) is 11.0. The Morgan fingerprint density at radius 1 is 1.22 bits per heavy atom. The third-order valence-corrected chi connectivity index (χ3v) is 3.51. The van der Waals surface area contributed by atoms with Crippen molar-refractivity contribution in [3.8, 4) is 0 Å². The molecule has 23 heavy (non-hydrogen) atoms. The lowest BCUT2D eigenvalue weighted by atomic mass is 10.1. The Morgan fingerprint density at radius 2 is 1.91 bits per heavy atom. The molecule has 120 valence electrons. The van der Waals surface area contributed by atoms with Gasteiger partial charge in [0.1, 0.15) is 5.52 Å². The Hall–Kier alpha value is -2.60. The predicted octanol–water partition coefficient (Wildman–Crippen LogP) is 1.58. The fraction of sp³-hybridized carbons (Fsp3) is 0.188. The van der Waals surface area contributed by atoms with Gasteiger partial charge in [-0.05, 0) is 30.7 Å². The van der Waals surface area contributed by atoms with Crippen LogP contribution in [0.3, 0.4) is 0 Å². The summed E-state index contributed by atoms with van der Waals surface area (Å²) in [4.78, 5) is 38.3. The van der Waals surface area contributed by atoms with Crippen LogP contribution in [0.15, 0.2) is 35.3 Å². The number of aromatic nitrogens is 2. The molecule has 2 aromatic heterocycles. The summed E-state index contributed by atoms with van der Waals surface area (Å²) in [7, 11) is 0. The van der Waals surface area contributed by atoms with Gasteiger partial charge in [0.15, 0.2) is 5.78 Å². The molecule has 0 amide bonds. The summed E-state index contributed by atoms with van der Waals surface area (Å²) in [6.07, 6.45) is 1.81. The van der Waals surface area contributed by atoms with Crippen molar-refractivity contribution >= 4 is 45.2 Å². The summed E-state index contributed by atoms with van der Waals surface area (Å²) >= 11 is 5.55. The second-order valence-corrected chi connectivity index (χ2v) is 5.03. The van der Waals surface area contributed by atoms with Crippen molar-refractivity contribution in [3.63, 3.8) is 0 Å². The van der Waals surface area contributed by atoms with Gasteiger partial charge in [-0.1, -0.05) is 6.92 Å².